The molecular formula is C15H22N2O3. The summed E-state index contributed by atoms with van der Waals surface area (Å²) in [5.41, 5.74) is 1.57. The maximum atomic E-state index is 12.7. The van der Waals surface area contributed by atoms with Gasteiger partial charge in [0.2, 0.25) is 0 Å². The van der Waals surface area contributed by atoms with E-state index in [9.17, 15) is 4.79 Å². The van der Waals surface area contributed by atoms with E-state index < -0.39 is 0 Å². The zero-order chi connectivity index (χ0) is 13.9. The molecule has 0 saturated carbocycles. The molecule has 1 atom stereocenters. The number of aliphatic hydroxyl groups is 1. The lowest BCUT2D eigenvalue weighted by Crippen LogP contribution is -2.36. The summed E-state index contributed by atoms with van der Waals surface area (Å²) in [7, 11) is 0. The van der Waals surface area contributed by atoms with Gasteiger partial charge in [0.25, 0.3) is 5.91 Å². The SMILES string of the molecule is O=C(c1noc2c1CCCC2)N1CCCC1CCCO. The number of aliphatic hydroxyl groups excluding tert-OH is 1. The van der Waals surface area contributed by atoms with Crippen molar-refractivity contribution >= 4 is 5.91 Å². The first-order chi connectivity index (χ1) is 9.81. The van der Waals surface area contributed by atoms with Crippen molar-refractivity contribution in [2.75, 3.05) is 13.2 Å². The van der Waals surface area contributed by atoms with E-state index in [4.69, 9.17) is 9.63 Å². The first-order valence-corrected chi connectivity index (χ1v) is 7.70. The number of carbonyl (C=O) groups is 1. The maximum absolute atomic E-state index is 12.7. The van der Waals surface area contributed by atoms with Crippen molar-refractivity contribution in [3.8, 4) is 0 Å². The second kappa shape index (κ2) is 5.95. The molecule has 1 aliphatic carbocycles. The number of amides is 1. The van der Waals surface area contributed by atoms with Crippen LogP contribution in [0.2, 0.25) is 0 Å². The lowest BCUT2D eigenvalue weighted by Gasteiger charge is -2.24. The van der Waals surface area contributed by atoms with E-state index in [1.807, 2.05) is 4.90 Å². The van der Waals surface area contributed by atoms with E-state index in [2.05, 4.69) is 5.16 Å². The molecule has 2 heterocycles. The molecule has 0 radical (unpaired) electrons. The fourth-order valence-electron chi connectivity index (χ4n) is 3.42. The fraction of sp³-hybridized carbons (Fsp3) is 0.733. The molecule has 1 amide bonds. The molecule has 20 heavy (non-hydrogen) atoms. The van der Waals surface area contributed by atoms with Gasteiger partial charge in [-0.25, -0.2) is 0 Å². The lowest BCUT2D eigenvalue weighted by atomic mass is 9.96. The standard InChI is InChI=1S/C15H22N2O3/c18-10-4-6-11-5-3-9-17(11)15(19)14-12-7-1-2-8-13(12)20-16-14/h11,18H,1-10H2. The molecule has 110 valence electrons. The van der Waals surface area contributed by atoms with Crippen molar-refractivity contribution in [1.29, 1.82) is 0 Å². The molecule has 3 rings (SSSR count). The summed E-state index contributed by atoms with van der Waals surface area (Å²) in [5, 5.41) is 13.0. The molecular weight excluding hydrogens is 256 g/mol. The lowest BCUT2D eigenvalue weighted by molar-refractivity contribution is 0.0713. The highest BCUT2D eigenvalue weighted by Crippen LogP contribution is 2.28. The predicted molar refractivity (Wildman–Crippen MR) is 73.5 cm³/mol. The van der Waals surface area contributed by atoms with Crippen molar-refractivity contribution in [3.05, 3.63) is 17.0 Å². The van der Waals surface area contributed by atoms with E-state index in [1.54, 1.807) is 0 Å². The Morgan fingerprint density at radius 2 is 2.20 bits per heavy atom. The topological polar surface area (TPSA) is 66.6 Å². The van der Waals surface area contributed by atoms with Crippen molar-refractivity contribution in [1.82, 2.24) is 10.1 Å². The van der Waals surface area contributed by atoms with Crippen LogP contribution in [0.5, 0.6) is 0 Å². The Morgan fingerprint density at radius 3 is 3.05 bits per heavy atom. The minimum Gasteiger partial charge on any atom is -0.396 e. The normalized spacial score (nSPS) is 22.1. The van der Waals surface area contributed by atoms with E-state index in [1.165, 1.54) is 0 Å². The third kappa shape index (κ3) is 2.46. The number of rotatable bonds is 4. The second-order valence-electron chi connectivity index (χ2n) is 5.80. The number of aryl methyl sites for hydroxylation is 1. The average Bonchev–Trinajstić information content (AvgIpc) is 3.11. The summed E-state index contributed by atoms with van der Waals surface area (Å²) in [4.78, 5) is 14.6. The third-order valence-electron chi connectivity index (χ3n) is 4.49. The van der Waals surface area contributed by atoms with Crippen LogP contribution in [0.1, 0.15) is 60.3 Å². The Morgan fingerprint density at radius 1 is 1.35 bits per heavy atom. The number of nitrogens with zero attached hydrogens (tertiary/aromatic N) is 2. The number of fused-ring (bicyclic) bond motifs is 1. The van der Waals surface area contributed by atoms with Gasteiger partial charge in [0.15, 0.2) is 5.69 Å². The molecule has 0 aromatic carbocycles. The van der Waals surface area contributed by atoms with Crippen LogP contribution in [0.4, 0.5) is 0 Å². The fourth-order valence-corrected chi connectivity index (χ4v) is 3.42. The molecule has 5 nitrogen and oxygen atoms in total. The summed E-state index contributed by atoms with van der Waals surface area (Å²) in [6, 6.07) is 0.255. The van der Waals surface area contributed by atoms with Crippen LogP contribution in [0, 0.1) is 0 Å². The highest BCUT2D eigenvalue weighted by Gasteiger charge is 2.33. The minimum atomic E-state index is 0.0253. The number of hydrogen-bond donors (Lipinski definition) is 1. The molecule has 0 spiro atoms. The Labute approximate surface area is 118 Å². The first-order valence-electron chi connectivity index (χ1n) is 7.70. The molecule has 2 aliphatic rings. The van der Waals surface area contributed by atoms with Gasteiger partial charge in [-0.05, 0) is 44.9 Å². The average molecular weight is 278 g/mol. The summed E-state index contributed by atoms with van der Waals surface area (Å²) in [6.45, 7) is 0.994. The van der Waals surface area contributed by atoms with Gasteiger partial charge >= 0.3 is 0 Å². The van der Waals surface area contributed by atoms with Crippen LogP contribution in [0.3, 0.4) is 0 Å². The quantitative estimate of drug-likeness (QED) is 0.914. The predicted octanol–water partition coefficient (Wildman–Crippen LogP) is 1.93. The number of hydrogen-bond acceptors (Lipinski definition) is 4. The van der Waals surface area contributed by atoms with Gasteiger partial charge in [0.05, 0.1) is 0 Å². The van der Waals surface area contributed by atoms with Gasteiger partial charge in [-0.15, -0.1) is 0 Å². The van der Waals surface area contributed by atoms with Crippen LogP contribution in [-0.2, 0) is 12.8 Å². The number of likely N-dealkylation sites (tertiary alicyclic amines) is 1. The number of carbonyl (C=O) groups excluding carboxylic acids is 1. The smallest absolute Gasteiger partial charge is 0.276 e. The largest absolute Gasteiger partial charge is 0.396 e. The Bertz CT molecular complexity index is 483. The summed E-state index contributed by atoms with van der Waals surface area (Å²) in [6.07, 6.45) is 7.76. The van der Waals surface area contributed by atoms with Crippen molar-refractivity contribution in [2.24, 2.45) is 0 Å². The maximum Gasteiger partial charge on any atom is 0.276 e. The molecule has 1 aromatic heterocycles. The molecule has 1 N–H and O–H groups in total. The molecule has 1 saturated heterocycles. The van der Waals surface area contributed by atoms with Crippen LogP contribution >= 0.6 is 0 Å². The second-order valence-corrected chi connectivity index (χ2v) is 5.80. The van der Waals surface area contributed by atoms with Crippen LogP contribution in [-0.4, -0.2) is 40.3 Å². The molecule has 1 fully saturated rings. The van der Waals surface area contributed by atoms with Crippen LogP contribution in [0.25, 0.3) is 0 Å². The van der Waals surface area contributed by atoms with E-state index in [0.717, 1.165) is 69.2 Å². The van der Waals surface area contributed by atoms with E-state index in [0.29, 0.717) is 5.69 Å². The van der Waals surface area contributed by atoms with Gasteiger partial charge in [0.1, 0.15) is 5.76 Å². The highest BCUT2D eigenvalue weighted by molar-refractivity contribution is 5.94. The van der Waals surface area contributed by atoms with Gasteiger partial charge in [-0.2, -0.15) is 0 Å². The van der Waals surface area contributed by atoms with E-state index >= 15 is 0 Å². The van der Waals surface area contributed by atoms with Crippen molar-refractivity contribution in [3.63, 3.8) is 0 Å². The summed E-state index contributed by atoms with van der Waals surface area (Å²) >= 11 is 0. The van der Waals surface area contributed by atoms with E-state index in [-0.39, 0.29) is 18.6 Å². The van der Waals surface area contributed by atoms with Gasteiger partial charge in [0, 0.05) is 31.2 Å². The van der Waals surface area contributed by atoms with Gasteiger partial charge in [-0.3, -0.25) is 4.79 Å². The van der Waals surface area contributed by atoms with Crippen LogP contribution < -0.4 is 0 Å². The Kier molecular flexibility index (Phi) is 4.05. The zero-order valence-electron chi connectivity index (χ0n) is 11.8. The molecule has 1 aliphatic heterocycles. The first kappa shape index (κ1) is 13.6. The molecule has 1 aromatic rings. The van der Waals surface area contributed by atoms with Gasteiger partial charge in [-0.1, -0.05) is 5.16 Å². The highest BCUT2D eigenvalue weighted by atomic mass is 16.5. The molecule has 1 unspecified atom stereocenters. The number of aromatic nitrogens is 1. The van der Waals surface area contributed by atoms with Gasteiger partial charge < -0.3 is 14.5 Å². The van der Waals surface area contributed by atoms with Crippen LogP contribution in [0.15, 0.2) is 4.52 Å². The summed E-state index contributed by atoms with van der Waals surface area (Å²) < 4.78 is 5.35. The third-order valence-corrected chi connectivity index (χ3v) is 4.49. The Balaban J connectivity index is 1.76. The summed E-state index contributed by atoms with van der Waals surface area (Å²) in [5.74, 6) is 0.933. The molecule has 5 heteroatoms. The Hall–Kier alpha value is -1.36. The van der Waals surface area contributed by atoms with Crippen molar-refractivity contribution < 1.29 is 14.4 Å². The zero-order valence-corrected chi connectivity index (χ0v) is 11.8. The van der Waals surface area contributed by atoms with Crippen molar-refractivity contribution in [2.45, 2.75) is 57.4 Å². The monoisotopic (exact) mass is 278 g/mol. The minimum absolute atomic E-state index is 0.0253. The molecule has 0 bridgehead atoms.